The van der Waals surface area contributed by atoms with Crippen molar-refractivity contribution < 1.29 is 17.9 Å². The van der Waals surface area contributed by atoms with Crippen molar-refractivity contribution in [3.8, 4) is 0 Å². The summed E-state index contributed by atoms with van der Waals surface area (Å²) in [5, 5.41) is 6.16. The van der Waals surface area contributed by atoms with Gasteiger partial charge in [0.25, 0.3) is 10.0 Å². The van der Waals surface area contributed by atoms with Crippen LogP contribution in [0.2, 0.25) is 0 Å². The summed E-state index contributed by atoms with van der Waals surface area (Å²) in [4.78, 5) is 11.2. The lowest BCUT2D eigenvalue weighted by molar-refractivity contribution is -0.139. The monoisotopic (exact) mass is 295 g/mol. The van der Waals surface area contributed by atoms with Gasteiger partial charge in [0, 0.05) is 6.07 Å². The van der Waals surface area contributed by atoms with Crippen molar-refractivity contribution in [3.05, 3.63) is 42.1 Å². The zero-order valence-electron chi connectivity index (χ0n) is 10.7. The van der Waals surface area contributed by atoms with E-state index in [0.717, 1.165) is 0 Å². The highest BCUT2D eigenvalue weighted by molar-refractivity contribution is 7.92. The molecule has 0 spiro atoms. The van der Waals surface area contributed by atoms with E-state index >= 15 is 0 Å². The topological polar surface area (TPSA) is 101 Å². The van der Waals surface area contributed by atoms with Crippen molar-refractivity contribution >= 4 is 21.8 Å². The van der Waals surface area contributed by atoms with Crippen LogP contribution in [-0.4, -0.2) is 31.7 Å². The van der Waals surface area contributed by atoms with E-state index in [1.807, 2.05) is 0 Å². The maximum absolute atomic E-state index is 12.0. The molecular formula is C12H13N3O4S. The van der Waals surface area contributed by atoms with Crippen LogP contribution in [0.25, 0.3) is 0 Å². The molecule has 0 fully saturated rings. The fourth-order valence-electron chi connectivity index (χ4n) is 1.54. The van der Waals surface area contributed by atoms with Gasteiger partial charge in [-0.2, -0.15) is 5.10 Å². The van der Waals surface area contributed by atoms with E-state index in [0.29, 0.717) is 5.56 Å². The summed E-state index contributed by atoms with van der Waals surface area (Å²) in [6.45, 7) is 0. The highest BCUT2D eigenvalue weighted by Crippen LogP contribution is 2.15. The van der Waals surface area contributed by atoms with E-state index in [2.05, 4.69) is 19.7 Å². The largest absolute Gasteiger partial charge is 0.469 e. The molecule has 2 aromatic rings. The number of methoxy groups -OCH3 is 1. The van der Waals surface area contributed by atoms with Crippen molar-refractivity contribution in [2.75, 3.05) is 11.8 Å². The number of nitrogens with zero attached hydrogens (tertiary/aromatic N) is 1. The van der Waals surface area contributed by atoms with Gasteiger partial charge in [-0.25, -0.2) is 8.42 Å². The Labute approximate surface area is 116 Å². The molecule has 1 aromatic carbocycles. The van der Waals surface area contributed by atoms with Crippen LogP contribution in [-0.2, 0) is 26.0 Å². The van der Waals surface area contributed by atoms with E-state index in [1.165, 1.54) is 31.5 Å². The number of H-pyrrole nitrogens is 1. The number of aromatic nitrogens is 2. The van der Waals surface area contributed by atoms with Gasteiger partial charge in [-0.15, -0.1) is 0 Å². The molecule has 20 heavy (non-hydrogen) atoms. The van der Waals surface area contributed by atoms with E-state index in [-0.39, 0.29) is 23.1 Å². The van der Waals surface area contributed by atoms with Crippen LogP contribution >= 0.6 is 0 Å². The van der Waals surface area contributed by atoms with Gasteiger partial charge in [0.1, 0.15) is 5.82 Å². The first-order chi connectivity index (χ1) is 9.51. The summed E-state index contributed by atoms with van der Waals surface area (Å²) in [7, 11) is -2.37. The number of rotatable bonds is 5. The van der Waals surface area contributed by atoms with Crippen molar-refractivity contribution in [2.45, 2.75) is 11.3 Å². The molecule has 0 atom stereocenters. The number of anilines is 1. The highest BCUT2D eigenvalue weighted by Gasteiger charge is 2.15. The predicted molar refractivity (Wildman–Crippen MR) is 71.6 cm³/mol. The van der Waals surface area contributed by atoms with E-state index in [1.54, 1.807) is 12.1 Å². The smallest absolute Gasteiger partial charge is 0.309 e. The van der Waals surface area contributed by atoms with Gasteiger partial charge < -0.3 is 4.74 Å². The second kappa shape index (κ2) is 5.74. The number of aromatic amines is 1. The van der Waals surface area contributed by atoms with Crippen molar-refractivity contribution in [2.24, 2.45) is 0 Å². The number of ether oxygens (including phenoxy) is 1. The fraction of sp³-hybridized carbons (Fsp3) is 0.167. The van der Waals surface area contributed by atoms with E-state index in [9.17, 15) is 13.2 Å². The van der Waals surface area contributed by atoms with Crippen LogP contribution in [0.1, 0.15) is 5.56 Å². The molecule has 0 aliphatic carbocycles. The Kier molecular flexibility index (Phi) is 4.04. The molecule has 2 N–H and O–H groups in total. The summed E-state index contributed by atoms with van der Waals surface area (Å²) >= 11 is 0. The minimum atomic E-state index is -3.67. The third kappa shape index (κ3) is 3.35. The number of sulfonamides is 1. The molecule has 0 amide bonds. The summed E-state index contributed by atoms with van der Waals surface area (Å²) in [5.41, 5.74) is 0.678. The number of carbonyl (C=O) groups is 1. The SMILES string of the molecule is COC(=O)Cc1ccc(S(=O)(=O)Nc2ccn[nH]2)cc1. The summed E-state index contributed by atoms with van der Waals surface area (Å²) < 4.78 is 31.0. The number of benzene rings is 1. The van der Waals surface area contributed by atoms with Gasteiger partial charge in [-0.1, -0.05) is 12.1 Å². The second-order valence-corrected chi connectivity index (χ2v) is 5.66. The first kappa shape index (κ1) is 14.1. The molecule has 0 saturated carbocycles. The Bertz CT molecular complexity index is 678. The molecule has 106 valence electrons. The van der Waals surface area contributed by atoms with Gasteiger partial charge in [0.2, 0.25) is 0 Å². The van der Waals surface area contributed by atoms with Gasteiger partial charge in [0.05, 0.1) is 24.6 Å². The fourth-order valence-corrected chi connectivity index (χ4v) is 2.56. The summed E-state index contributed by atoms with van der Waals surface area (Å²) in [5.74, 6) is -0.0974. The predicted octanol–water partition coefficient (Wildman–Crippen LogP) is 0.926. The molecule has 8 heteroatoms. The van der Waals surface area contributed by atoms with Crippen LogP contribution in [0.3, 0.4) is 0 Å². The number of nitrogens with one attached hydrogen (secondary N) is 2. The third-order valence-corrected chi connectivity index (χ3v) is 3.94. The van der Waals surface area contributed by atoms with Crippen molar-refractivity contribution in [1.29, 1.82) is 0 Å². The zero-order valence-corrected chi connectivity index (χ0v) is 11.5. The molecule has 0 aliphatic heterocycles. The van der Waals surface area contributed by atoms with E-state index < -0.39 is 10.0 Å². The molecule has 2 rings (SSSR count). The lowest BCUT2D eigenvalue weighted by atomic mass is 10.2. The van der Waals surface area contributed by atoms with Crippen LogP contribution in [0.5, 0.6) is 0 Å². The van der Waals surface area contributed by atoms with Crippen LogP contribution in [0.15, 0.2) is 41.4 Å². The number of esters is 1. The minimum absolute atomic E-state index is 0.0979. The summed E-state index contributed by atoms with van der Waals surface area (Å²) in [6.07, 6.45) is 1.54. The molecule has 0 bridgehead atoms. The normalized spacial score (nSPS) is 11.1. The third-order valence-electron chi connectivity index (χ3n) is 2.55. The first-order valence-electron chi connectivity index (χ1n) is 5.69. The number of carbonyl (C=O) groups excluding carboxylic acids is 1. The maximum Gasteiger partial charge on any atom is 0.309 e. The minimum Gasteiger partial charge on any atom is -0.469 e. The van der Waals surface area contributed by atoms with Gasteiger partial charge in [0.15, 0.2) is 0 Å². The second-order valence-electron chi connectivity index (χ2n) is 3.97. The Balaban J connectivity index is 2.14. The van der Waals surface area contributed by atoms with Crippen molar-refractivity contribution in [3.63, 3.8) is 0 Å². The maximum atomic E-state index is 12.0. The first-order valence-corrected chi connectivity index (χ1v) is 7.17. The van der Waals surface area contributed by atoms with Gasteiger partial charge in [-0.3, -0.25) is 14.6 Å². The van der Waals surface area contributed by atoms with Crippen molar-refractivity contribution in [1.82, 2.24) is 10.2 Å². The Morgan fingerprint density at radius 3 is 2.55 bits per heavy atom. The molecule has 0 unspecified atom stereocenters. The molecular weight excluding hydrogens is 282 g/mol. The number of hydrogen-bond donors (Lipinski definition) is 2. The standard InChI is InChI=1S/C12H13N3O4S/c1-19-12(16)8-9-2-4-10(5-3-9)20(17,18)15-11-6-7-13-14-11/h2-7H,8H2,1H3,(H2,13,14,15). The zero-order chi connectivity index (χ0) is 14.6. The lowest BCUT2D eigenvalue weighted by Crippen LogP contribution is -2.13. The van der Waals surface area contributed by atoms with Crippen LogP contribution < -0.4 is 4.72 Å². The quantitative estimate of drug-likeness (QED) is 0.799. The molecule has 0 aliphatic rings. The Morgan fingerprint density at radius 1 is 1.30 bits per heavy atom. The molecule has 0 radical (unpaired) electrons. The Hall–Kier alpha value is -2.35. The molecule has 1 heterocycles. The highest BCUT2D eigenvalue weighted by atomic mass is 32.2. The molecule has 1 aromatic heterocycles. The molecule has 0 saturated heterocycles. The van der Waals surface area contributed by atoms with Crippen LogP contribution in [0.4, 0.5) is 5.82 Å². The molecule has 7 nitrogen and oxygen atoms in total. The lowest BCUT2D eigenvalue weighted by Gasteiger charge is -2.06. The average Bonchev–Trinajstić information content (AvgIpc) is 2.91. The number of hydrogen-bond acceptors (Lipinski definition) is 5. The summed E-state index contributed by atoms with van der Waals surface area (Å²) in [6, 6.07) is 7.49. The average molecular weight is 295 g/mol. The Morgan fingerprint density at radius 2 is 2.00 bits per heavy atom. The van der Waals surface area contributed by atoms with Gasteiger partial charge in [-0.05, 0) is 17.7 Å². The van der Waals surface area contributed by atoms with E-state index in [4.69, 9.17) is 0 Å². The van der Waals surface area contributed by atoms with Gasteiger partial charge >= 0.3 is 5.97 Å². The van der Waals surface area contributed by atoms with Crippen LogP contribution in [0, 0.1) is 0 Å².